The lowest BCUT2D eigenvalue weighted by Crippen LogP contribution is -2.06. The average molecular weight is 248 g/mol. The van der Waals surface area contributed by atoms with Crippen molar-refractivity contribution in [3.8, 4) is 0 Å². The zero-order valence-electron chi connectivity index (χ0n) is 10.3. The number of hydrogen-bond acceptors (Lipinski definition) is 3. The van der Waals surface area contributed by atoms with Gasteiger partial charge >= 0.3 is 0 Å². The Kier molecular flexibility index (Phi) is 3.02. The Balaban J connectivity index is 2.18. The third-order valence-electron chi connectivity index (χ3n) is 3.01. The van der Waals surface area contributed by atoms with Crippen molar-refractivity contribution in [1.82, 2.24) is 0 Å². The maximum Gasteiger partial charge on any atom is 0.166 e. The standard InChI is InChI=1S/C16H12N2O/c19-11-13-10-17-16(12-6-2-1-3-7-12)14-8-4-5-9-15(14)18-13/h1-9,11H,10H2. The van der Waals surface area contributed by atoms with E-state index in [1.54, 1.807) is 0 Å². The van der Waals surface area contributed by atoms with Crippen molar-refractivity contribution < 1.29 is 4.79 Å². The Bertz CT molecular complexity index is 672. The van der Waals surface area contributed by atoms with Crippen molar-refractivity contribution >= 4 is 23.4 Å². The van der Waals surface area contributed by atoms with Crippen LogP contribution in [0.5, 0.6) is 0 Å². The van der Waals surface area contributed by atoms with Crippen LogP contribution in [0.25, 0.3) is 0 Å². The summed E-state index contributed by atoms with van der Waals surface area (Å²) in [7, 11) is 0. The molecular formula is C16H12N2O. The first-order valence-corrected chi connectivity index (χ1v) is 6.10. The van der Waals surface area contributed by atoms with E-state index in [9.17, 15) is 4.79 Å². The van der Waals surface area contributed by atoms with Crippen LogP contribution in [-0.2, 0) is 4.79 Å². The quantitative estimate of drug-likeness (QED) is 0.753. The highest BCUT2D eigenvalue weighted by Gasteiger charge is 2.14. The van der Waals surface area contributed by atoms with E-state index in [0.717, 1.165) is 28.8 Å². The van der Waals surface area contributed by atoms with Crippen molar-refractivity contribution in [2.75, 3.05) is 6.54 Å². The highest BCUT2D eigenvalue weighted by atomic mass is 16.1. The minimum Gasteiger partial charge on any atom is -0.296 e. The molecule has 0 bridgehead atoms. The molecule has 2 aromatic carbocycles. The predicted octanol–water partition coefficient (Wildman–Crippen LogP) is 2.81. The van der Waals surface area contributed by atoms with Gasteiger partial charge in [0.1, 0.15) is 5.71 Å². The Morgan fingerprint density at radius 2 is 1.68 bits per heavy atom. The topological polar surface area (TPSA) is 41.8 Å². The van der Waals surface area contributed by atoms with Gasteiger partial charge in [-0.25, -0.2) is 4.99 Å². The molecule has 3 rings (SSSR count). The number of aliphatic imine (C=N–C) groups is 2. The second kappa shape index (κ2) is 4.98. The average Bonchev–Trinajstić information content (AvgIpc) is 2.67. The molecule has 3 nitrogen and oxygen atoms in total. The molecular weight excluding hydrogens is 236 g/mol. The SMILES string of the molecule is O=CC1=Nc2ccccc2C(c2ccccc2)=NC1. The van der Waals surface area contributed by atoms with Crippen LogP contribution < -0.4 is 0 Å². The molecule has 0 aliphatic carbocycles. The van der Waals surface area contributed by atoms with E-state index in [1.165, 1.54) is 0 Å². The minimum atomic E-state index is 0.322. The van der Waals surface area contributed by atoms with E-state index < -0.39 is 0 Å². The number of para-hydroxylation sites is 1. The molecule has 19 heavy (non-hydrogen) atoms. The molecule has 0 atom stereocenters. The van der Waals surface area contributed by atoms with Crippen molar-refractivity contribution in [3.63, 3.8) is 0 Å². The number of carbonyl (C=O) groups excluding carboxylic acids is 1. The van der Waals surface area contributed by atoms with Crippen LogP contribution >= 0.6 is 0 Å². The van der Waals surface area contributed by atoms with Gasteiger partial charge in [0, 0.05) is 11.1 Å². The van der Waals surface area contributed by atoms with Crippen LogP contribution in [0.2, 0.25) is 0 Å². The third kappa shape index (κ3) is 2.22. The molecule has 0 saturated heterocycles. The van der Waals surface area contributed by atoms with Gasteiger partial charge in [-0.3, -0.25) is 9.79 Å². The summed E-state index contributed by atoms with van der Waals surface area (Å²) in [5.41, 5.74) is 4.14. The summed E-state index contributed by atoms with van der Waals surface area (Å²) in [6.07, 6.45) is 0.772. The third-order valence-corrected chi connectivity index (χ3v) is 3.01. The van der Waals surface area contributed by atoms with Gasteiger partial charge in [0.15, 0.2) is 6.29 Å². The second-order valence-electron chi connectivity index (χ2n) is 4.27. The molecule has 0 N–H and O–H groups in total. The Labute approximate surface area is 111 Å². The highest BCUT2D eigenvalue weighted by molar-refractivity contribution is 6.32. The molecule has 92 valence electrons. The molecule has 0 aromatic heterocycles. The fraction of sp³-hybridized carbons (Fsp3) is 0.0625. The summed E-state index contributed by atoms with van der Waals surface area (Å²) >= 11 is 0. The van der Waals surface area contributed by atoms with Crippen molar-refractivity contribution in [3.05, 3.63) is 65.7 Å². The van der Waals surface area contributed by atoms with Gasteiger partial charge in [0.25, 0.3) is 0 Å². The number of aldehydes is 1. The predicted molar refractivity (Wildman–Crippen MR) is 76.5 cm³/mol. The van der Waals surface area contributed by atoms with Gasteiger partial charge in [-0.2, -0.15) is 0 Å². The van der Waals surface area contributed by atoms with Crippen LogP contribution in [0.15, 0.2) is 64.6 Å². The summed E-state index contributed by atoms with van der Waals surface area (Å²) in [4.78, 5) is 19.9. The molecule has 0 radical (unpaired) electrons. The van der Waals surface area contributed by atoms with E-state index in [0.29, 0.717) is 12.3 Å². The van der Waals surface area contributed by atoms with E-state index in [4.69, 9.17) is 0 Å². The zero-order valence-corrected chi connectivity index (χ0v) is 10.3. The first-order valence-electron chi connectivity index (χ1n) is 6.10. The first kappa shape index (κ1) is 11.5. The molecule has 1 aliphatic heterocycles. The summed E-state index contributed by atoms with van der Waals surface area (Å²) in [5.74, 6) is 0. The van der Waals surface area contributed by atoms with E-state index >= 15 is 0 Å². The molecule has 3 heteroatoms. The fourth-order valence-corrected chi connectivity index (χ4v) is 2.11. The van der Waals surface area contributed by atoms with Crippen LogP contribution in [-0.4, -0.2) is 24.3 Å². The Hall–Kier alpha value is -2.55. The summed E-state index contributed by atoms with van der Waals surface area (Å²) in [5, 5.41) is 0. The number of rotatable bonds is 2. The lowest BCUT2D eigenvalue weighted by atomic mass is 10.0. The van der Waals surface area contributed by atoms with Gasteiger partial charge in [0.2, 0.25) is 0 Å². The maximum atomic E-state index is 11.0. The number of benzene rings is 2. The first-order chi connectivity index (χ1) is 9.38. The van der Waals surface area contributed by atoms with Gasteiger partial charge in [-0.05, 0) is 6.07 Å². The summed E-state index contributed by atoms with van der Waals surface area (Å²) < 4.78 is 0. The van der Waals surface area contributed by atoms with Gasteiger partial charge in [-0.15, -0.1) is 0 Å². The van der Waals surface area contributed by atoms with Crippen molar-refractivity contribution in [2.24, 2.45) is 9.98 Å². The smallest absolute Gasteiger partial charge is 0.166 e. The molecule has 0 unspecified atom stereocenters. The molecule has 0 fully saturated rings. The monoisotopic (exact) mass is 248 g/mol. The maximum absolute atomic E-state index is 11.0. The summed E-state index contributed by atoms with van der Waals surface area (Å²) in [6.45, 7) is 0.322. The van der Waals surface area contributed by atoms with Crippen molar-refractivity contribution in [1.29, 1.82) is 0 Å². The van der Waals surface area contributed by atoms with E-state index in [1.807, 2.05) is 54.6 Å². The normalized spacial score (nSPS) is 13.9. The van der Waals surface area contributed by atoms with Gasteiger partial charge in [-0.1, -0.05) is 48.5 Å². The minimum absolute atomic E-state index is 0.322. The van der Waals surface area contributed by atoms with Crippen LogP contribution in [0.4, 0.5) is 5.69 Å². The molecule has 0 saturated carbocycles. The van der Waals surface area contributed by atoms with Crippen LogP contribution in [0.1, 0.15) is 11.1 Å². The largest absolute Gasteiger partial charge is 0.296 e. The fourth-order valence-electron chi connectivity index (χ4n) is 2.11. The van der Waals surface area contributed by atoms with Gasteiger partial charge < -0.3 is 0 Å². The number of nitrogens with zero attached hydrogens (tertiary/aromatic N) is 2. The van der Waals surface area contributed by atoms with Crippen molar-refractivity contribution in [2.45, 2.75) is 0 Å². The second-order valence-corrected chi connectivity index (χ2v) is 4.27. The van der Waals surface area contributed by atoms with E-state index in [2.05, 4.69) is 9.98 Å². The highest BCUT2D eigenvalue weighted by Crippen LogP contribution is 2.24. The molecule has 0 spiro atoms. The molecule has 0 amide bonds. The summed E-state index contributed by atoms with van der Waals surface area (Å²) in [6, 6.07) is 17.7. The van der Waals surface area contributed by atoms with E-state index in [-0.39, 0.29) is 0 Å². The lowest BCUT2D eigenvalue weighted by molar-refractivity contribution is -0.102. The Morgan fingerprint density at radius 1 is 0.947 bits per heavy atom. The molecule has 1 heterocycles. The Morgan fingerprint density at radius 3 is 2.47 bits per heavy atom. The lowest BCUT2D eigenvalue weighted by Gasteiger charge is -2.07. The zero-order chi connectivity index (χ0) is 13.1. The van der Waals surface area contributed by atoms with Gasteiger partial charge in [0.05, 0.1) is 17.9 Å². The van der Waals surface area contributed by atoms with Crippen LogP contribution in [0, 0.1) is 0 Å². The number of fused-ring (bicyclic) bond motifs is 1. The molecule has 1 aliphatic rings. The van der Waals surface area contributed by atoms with Crippen LogP contribution in [0.3, 0.4) is 0 Å². The number of hydrogen-bond donors (Lipinski definition) is 0. The number of carbonyl (C=O) groups is 1. The molecule has 2 aromatic rings.